The summed E-state index contributed by atoms with van der Waals surface area (Å²) >= 11 is 0. The lowest BCUT2D eigenvalue weighted by Gasteiger charge is -2.05. The largest absolute Gasteiger partial charge is 0.463 e. The molecule has 0 radical (unpaired) electrons. The highest BCUT2D eigenvalue weighted by atomic mass is 16.3. The van der Waals surface area contributed by atoms with Gasteiger partial charge in [0.25, 0.3) is 0 Å². The summed E-state index contributed by atoms with van der Waals surface area (Å²) in [6.07, 6.45) is 5.49. The van der Waals surface area contributed by atoms with Crippen LogP contribution in [-0.4, -0.2) is 16.1 Å². The van der Waals surface area contributed by atoms with Crippen molar-refractivity contribution in [3.8, 4) is 0 Å². The Morgan fingerprint density at radius 3 is 2.88 bits per heavy atom. The molecule has 0 amide bonds. The van der Waals surface area contributed by atoms with Gasteiger partial charge in [0.15, 0.2) is 0 Å². The topological polar surface area (TPSA) is 43.0 Å². The summed E-state index contributed by atoms with van der Waals surface area (Å²) in [5, 5.41) is 3.36. The third kappa shape index (κ3) is 3.75. The Balaban J connectivity index is 1.83. The van der Waals surface area contributed by atoms with E-state index in [9.17, 15) is 0 Å². The fourth-order valence-electron chi connectivity index (χ4n) is 1.65. The first-order chi connectivity index (χ1) is 8.24. The van der Waals surface area contributed by atoms with Gasteiger partial charge in [0.05, 0.1) is 19.4 Å². The molecule has 0 aromatic carbocycles. The van der Waals surface area contributed by atoms with E-state index in [1.165, 1.54) is 0 Å². The first-order valence-corrected chi connectivity index (χ1v) is 5.98. The van der Waals surface area contributed by atoms with E-state index in [-0.39, 0.29) is 0 Å². The molecule has 0 saturated carbocycles. The van der Waals surface area contributed by atoms with Crippen molar-refractivity contribution >= 4 is 0 Å². The minimum absolute atomic E-state index is 0.662. The zero-order chi connectivity index (χ0) is 12.1. The Morgan fingerprint density at radius 1 is 1.35 bits per heavy atom. The lowest BCUT2D eigenvalue weighted by atomic mass is 10.2. The maximum absolute atomic E-state index is 5.73. The van der Waals surface area contributed by atoms with Gasteiger partial charge in [-0.3, -0.25) is 0 Å². The van der Waals surface area contributed by atoms with Gasteiger partial charge in [-0.1, -0.05) is 13.8 Å². The monoisotopic (exact) mass is 233 g/mol. The van der Waals surface area contributed by atoms with Crippen LogP contribution in [0.5, 0.6) is 0 Å². The number of hydrogen-bond acceptors (Lipinski definition) is 3. The molecule has 0 bridgehead atoms. The van der Waals surface area contributed by atoms with Gasteiger partial charge in [0, 0.05) is 12.4 Å². The molecule has 4 nitrogen and oxygen atoms in total. The van der Waals surface area contributed by atoms with Crippen LogP contribution < -0.4 is 5.32 Å². The first-order valence-electron chi connectivity index (χ1n) is 5.98. The molecule has 92 valence electrons. The van der Waals surface area contributed by atoms with E-state index in [0.717, 1.165) is 31.2 Å². The highest BCUT2D eigenvalue weighted by Gasteiger charge is 2.02. The molecule has 4 heteroatoms. The molecular weight excluding hydrogens is 214 g/mol. The standard InChI is InChI=1S/C13H19N3O/c1-11(2)7-15-8-12-3-4-13(17-12)9-16-6-5-14-10-16/h3-6,10-11,15H,7-9H2,1-2H3. The van der Waals surface area contributed by atoms with Gasteiger partial charge < -0.3 is 14.3 Å². The Hall–Kier alpha value is -1.55. The molecule has 0 fully saturated rings. The van der Waals surface area contributed by atoms with Crippen LogP contribution in [0.15, 0.2) is 35.3 Å². The summed E-state index contributed by atoms with van der Waals surface area (Å²) in [7, 11) is 0. The normalized spacial score (nSPS) is 11.2. The molecule has 2 aromatic heterocycles. The molecule has 0 saturated heterocycles. The van der Waals surface area contributed by atoms with Crippen LogP contribution >= 0.6 is 0 Å². The van der Waals surface area contributed by atoms with Crippen molar-refractivity contribution in [1.29, 1.82) is 0 Å². The van der Waals surface area contributed by atoms with Crippen molar-refractivity contribution in [2.24, 2.45) is 5.92 Å². The van der Waals surface area contributed by atoms with Gasteiger partial charge in [-0.15, -0.1) is 0 Å². The average Bonchev–Trinajstić information content (AvgIpc) is 2.90. The van der Waals surface area contributed by atoms with Crippen LogP contribution in [0.4, 0.5) is 0 Å². The number of rotatable bonds is 6. The van der Waals surface area contributed by atoms with Crippen LogP contribution in [-0.2, 0) is 13.1 Å². The lowest BCUT2D eigenvalue weighted by molar-refractivity contribution is 0.429. The van der Waals surface area contributed by atoms with E-state index in [1.807, 2.05) is 22.9 Å². The number of nitrogens with zero attached hydrogens (tertiary/aromatic N) is 2. The Kier molecular flexibility index (Phi) is 3.98. The summed E-state index contributed by atoms with van der Waals surface area (Å²) in [6.45, 7) is 6.93. The molecule has 0 aliphatic heterocycles. The molecule has 2 heterocycles. The average molecular weight is 233 g/mol. The van der Waals surface area contributed by atoms with Gasteiger partial charge in [0.2, 0.25) is 0 Å². The van der Waals surface area contributed by atoms with E-state index in [2.05, 4.69) is 24.1 Å². The van der Waals surface area contributed by atoms with Gasteiger partial charge in [-0.05, 0) is 24.6 Å². The molecule has 2 rings (SSSR count). The summed E-state index contributed by atoms with van der Waals surface area (Å²) in [6, 6.07) is 4.05. The molecule has 17 heavy (non-hydrogen) atoms. The summed E-state index contributed by atoms with van der Waals surface area (Å²) in [4.78, 5) is 4.00. The van der Waals surface area contributed by atoms with Crippen LogP contribution in [0.25, 0.3) is 0 Å². The van der Waals surface area contributed by atoms with E-state index in [1.54, 1.807) is 12.5 Å². The van der Waals surface area contributed by atoms with E-state index >= 15 is 0 Å². The second-order valence-corrected chi connectivity index (χ2v) is 4.63. The highest BCUT2D eigenvalue weighted by molar-refractivity contribution is 5.07. The molecule has 0 unspecified atom stereocenters. The van der Waals surface area contributed by atoms with Crippen LogP contribution in [0.1, 0.15) is 25.4 Å². The third-order valence-electron chi connectivity index (χ3n) is 2.47. The van der Waals surface area contributed by atoms with Crippen LogP contribution in [0.3, 0.4) is 0 Å². The van der Waals surface area contributed by atoms with Crippen molar-refractivity contribution in [3.63, 3.8) is 0 Å². The summed E-state index contributed by atoms with van der Waals surface area (Å²) < 4.78 is 7.72. The zero-order valence-electron chi connectivity index (χ0n) is 10.4. The molecule has 2 aromatic rings. The molecular formula is C13H19N3O. The van der Waals surface area contributed by atoms with Crippen LogP contribution in [0, 0.1) is 5.92 Å². The number of nitrogens with one attached hydrogen (secondary N) is 1. The lowest BCUT2D eigenvalue weighted by Crippen LogP contribution is -2.18. The number of hydrogen-bond donors (Lipinski definition) is 1. The minimum atomic E-state index is 0.662. The van der Waals surface area contributed by atoms with Gasteiger partial charge in [0.1, 0.15) is 11.5 Å². The maximum Gasteiger partial charge on any atom is 0.123 e. The van der Waals surface area contributed by atoms with Crippen molar-refractivity contribution in [1.82, 2.24) is 14.9 Å². The van der Waals surface area contributed by atoms with Gasteiger partial charge in [-0.2, -0.15) is 0 Å². The Bertz CT molecular complexity index is 431. The molecule has 0 aliphatic carbocycles. The van der Waals surface area contributed by atoms with Crippen molar-refractivity contribution in [2.45, 2.75) is 26.9 Å². The highest BCUT2D eigenvalue weighted by Crippen LogP contribution is 2.09. The van der Waals surface area contributed by atoms with Crippen molar-refractivity contribution in [3.05, 3.63) is 42.4 Å². The fourth-order valence-corrected chi connectivity index (χ4v) is 1.65. The molecule has 1 N–H and O–H groups in total. The Morgan fingerprint density at radius 2 is 2.18 bits per heavy atom. The van der Waals surface area contributed by atoms with E-state index < -0.39 is 0 Å². The number of aromatic nitrogens is 2. The van der Waals surface area contributed by atoms with E-state index in [4.69, 9.17) is 4.42 Å². The predicted octanol–water partition coefficient (Wildman–Crippen LogP) is 2.27. The second kappa shape index (κ2) is 5.68. The molecule has 0 spiro atoms. The SMILES string of the molecule is CC(C)CNCc1ccc(Cn2ccnc2)o1. The van der Waals surface area contributed by atoms with Crippen molar-refractivity contribution in [2.75, 3.05) is 6.54 Å². The fraction of sp³-hybridized carbons (Fsp3) is 0.462. The smallest absolute Gasteiger partial charge is 0.123 e. The second-order valence-electron chi connectivity index (χ2n) is 4.63. The number of imidazole rings is 1. The predicted molar refractivity (Wildman–Crippen MR) is 66.6 cm³/mol. The van der Waals surface area contributed by atoms with Crippen molar-refractivity contribution < 1.29 is 4.42 Å². The third-order valence-corrected chi connectivity index (χ3v) is 2.47. The van der Waals surface area contributed by atoms with E-state index in [0.29, 0.717) is 5.92 Å². The van der Waals surface area contributed by atoms with Gasteiger partial charge in [-0.25, -0.2) is 4.98 Å². The van der Waals surface area contributed by atoms with Crippen LogP contribution in [0.2, 0.25) is 0 Å². The van der Waals surface area contributed by atoms with Gasteiger partial charge >= 0.3 is 0 Å². The first kappa shape index (κ1) is 11.9. The quantitative estimate of drug-likeness (QED) is 0.832. The summed E-state index contributed by atoms with van der Waals surface area (Å²) in [5.41, 5.74) is 0. The maximum atomic E-state index is 5.73. The number of furan rings is 1. The Labute approximate surface area is 102 Å². The zero-order valence-corrected chi connectivity index (χ0v) is 10.4. The molecule has 0 atom stereocenters. The molecule has 0 aliphatic rings. The minimum Gasteiger partial charge on any atom is -0.463 e. The summed E-state index contributed by atoms with van der Waals surface area (Å²) in [5.74, 6) is 2.61.